The number of amides is 2. The third kappa shape index (κ3) is 5.01. The molecule has 0 bridgehead atoms. The predicted octanol–water partition coefficient (Wildman–Crippen LogP) is 3.45. The lowest BCUT2D eigenvalue weighted by Gasteiger charge is -2.47. The molecule has 3 aliphatic heterocycles. The Hall–Kier alpha value is -3.63. The van der Waals surface area contributed by atoms with E-state index in [0.717, 1.165) is 0 Å². The summed E-state index contributed by atoms with van der Waals surface area (Å²) in [6.45, 7) is 9.53. The van der Waals surface area contributed by atoms with Crippen LogP contribution in [-0.4, -0.2) is 64.3 Å². The van der Waals surface area contributed by atoms with E-state index < -0.39 is 34.9 Å². The number of carbonyl (C=O) groups excluding carboxylic acids is 2. The zero-order valence-corrected chi connectivity index (χ0v) is 23.8. The molecule has 40 heavy (non-hydrogen) atoms. The minimum atomic E-state index is -0.990. The van der Waals surface area contributed by atoms with Crippen molar-refractivity contribution in [3.63, 3.8) is 0 Å². The number of rotatable bonds is 5. The number of ether oxygens (including phenoxy) is 3. The van der Waals surface area contributed by atoms with Gasteiger partial charge in [0.15, 0.2) is 5.96 Å². The Morgan fingerprint density at radius 2 is 1.82 bits per heavy atom. The van der Waals surface area contributed by atoms with E-state index in [2.05, 4.69) is 10.6 Å². The van der Waals surface area contributed by atoms with E-state index in [1.165, 1.54) is 4.90 Å². The minimum Gasteiger partial charge on any atom is -0.485 e. The smallest absolute Gasteiger partial charge is 0.251 e. The Morgan fingerprint density at radius 3 is 2.52 bits per heavy atom. The van der Waals surface area contributed by atoms with Crippen molar-refractivity contribution in [2.24, 2.45) is 0 Å². The molecule has 0 spiro atoms. The Morgan fingerprint density at radius 1 is 1.12 bits per heavy atom. The standard InChI is InChI=1S/C30H38N4O6/c1-28(2)15-23(35)34(27(31)33-28)20-14-30(5,16-38-6)40-22-12-11-17(13-19(20)22)26(37)32-24-18-9-7-8-10-21(18)39-29(3,4)25(24)36/h7-13,20,24-25,36H,14-16H2,1-6H3,(H2,31,33)(H,32,37)/t20-,24-,25+,30?/m1/s1. The van der Waals surface area contributed by atoms with Gasteiger partial charge in [-0.05, 0) is 58.9 Å². The molecule has 1 fully saturated rings. The maximum absolute atomic E-state index is 13.6. The first-order valence-electron chi connectivity index (χ1n) is 13.5. The quantitative estimate of drug-likeness (QED) is 0.448. The molecule has 10 nitrogen and oxygen atoms in total. The summed E-state index contributed by atoms with van der Waals surface area (Å²) >= 11 is 0. The molecule has 3 aliphatic rings. The molecule has 1 unspecified atom stereocenters. The van der Waals surface area contributed by atoms with Crippen molar-refractivity contribution < 1.29 is 28.9 Å². The molecule has 10 heteroatoms. The summed E-state index contributed by atoms with van der Waals surface area (Å²) in [5, 5.41) is 25.9. The van der Waals surface area contributed by atoms with Crippen LogP contribution in [-0.2, 0) is 9.53 Å². The van der Waals surface area contributed by atoms with E-state index in [1.807, 2.05) is 45.0 Å². The van der Waals surface area contributed by atoms with Crippen LogP contribution in [0.5, 0.6) is 11.5 Å². The first-order chi connectivity index (χ1) is 18.7. The van der Waals surface area contributed by atoms with Gasteiger partial charge >= 0.3 is 0 Å². The molecule has 214 valence electrons. The molecule has 0 aliphatic carbocycles. The number of carbonyl (C=O) groups is 2. The highest BCUT2D eigenvalue weighted by atomic mass is 16.5. The highest BCUT2D eigenvalue weighted by Crippen LogP contribution is 2.45. The van der Waals surface area contributed by atoms with Gasteiger partial charge in [0, 0.05) is 42.2 Å². The van der Waals surface area contributed by atoms with Crippen molar-refractivity contribution in [1.82, 2.24) is 15.5 Å². The van der Waals surface area contributed by atoms with Crippen molar-refractivity contribution >= 4 is 17.8 Å². The van der Waals surface area contributed by atoms with Crippen LogP contribution in [0.2, 0.25) is 0 Å². The SMILES string of the molecule is COCC1(C)C[C@@H](N2C(=N)NC(C)(C)CC2=O)c2cc(C(=O)N[C@@H]3c4ccccc4OC(C)(C)[C@H]3O)ccc2O1. The van der Waals surface area contributed by atoms with Gasteiger partial charge in [-0.1, -0.05) is 18.2 Å². The van der Waals surface area contributed by atoms with Gasteiger partial charge in [0.1, 0.15) is 28.8 Å². The fraction of sp³-hybridized carbons (Fsp3) is 0.500. The molecule has 2 aromatic carbocycles. The lowest BCUT2D eigenvalue weighted by molar-refractivity contribution is -0.134. The Kier molecular flexibility index (Phi) is 6.82. The lowest BCUT2D eigenvalue weighted by Crippen LogP contribution is -2.61. The topological polar surface area (TPSA) is 133 Å². The third-order valence-corrected chi connectivity index (χ3v) is 7.88. The largest absolute Gasteiger partial charge is 0.485 e. The summed E-state index contributed by atoms with van der Waals surface area (Å²) in [5.74, 6) is 0.582. The van der Waals surface area contributed by atoms with Gasteiger partial charge < -0.3 is 30.0 Å². The van der Waals surface area contributed by atoms with Crippen molar-refractivity contribution in [2.75, 3.05) is 13.7 Å². The van der Waals surface area contributed by atoms with Gasteiger partial charge in [-0.15, -0.1) is 0 Å². The average Bonchev–Trinajstić information content (AvgIpc) is 2.85. The minimum absolute atomic E-state index is 0.0119. The van der Waals surface area contributed by atoms with E-state index in [9.17, 15) is 14.7 Å². The van der Waals surface area contributed by atoms with Crippen LogP contribution < -0.4 is 20.1 Å². The normalized spacial score (nSPS) is 28.4. The number of methoxy groups -OCH3 is 1. The zero-order chi connectivity index (χ0) is 29.0. The van der Waals surface area contributed by atoms with Crippen LogP contribution in [0.4, 0.5) is 0 Å². The molecule has 2 aromatic rings. The zero-order valence-electron chi connectivity index (χ0n) is 23.8. The van der Waals surface area contributed by atoms with Gasteiger partial charge in [0.2, 0.25) is 5.91 Å². The molecule has 5 rings (SSSR count). The van der Waals surface area contributed by atoms with Crippen LogP contribution in [0, 0.1) is 5.41 Å². The number of aliphatic hydroxyl groups is 1. The van der Waals surface area contributed by atoms with E-state index in [0.29, 0.717) is 34.6 Å². The van der Waals surface area contributed by atoms with Crippen molar-refractivity contribution in [2.45, 2.75) is 82.4 Å². The molecule has 4 atom stereocenters. The maximum Gasteiger partial charge on any atom is 0.251 e. The molecular formula is C30H38N4O6. The molecule has 4 N–H and O–H groups in total. The van der Waals surface area contributed by atoms with Gasteiger partial charge in [-0.3, -0.25) is 19.9 Å². The number of benzene rings is 2. The number of guanidine groups is 1. The van der Waals surface area contributed by atoms with Gasteiger partial charge in [0.25, 0.3) is 5.91 Å². The summed E-state index contributed by atoms with van der Waals surface area (Å²) in [4.78, 5) is 28.4. The number of nitrogens with zero attached hydrogens (tertiary/aromatic N) is 1. The van der Waals surface area contributed by atoms with E-state index in [1.54, 1.807) is 39.2 Å². The number of nitrogens with one attached hydrogen (secondary N) is 3. The number of para-hydroxylation sites is 1. The maximum atomic E-state index is 13.6. The van der Waals surface area contributed by atoms with E-state index in [-0.39, 0.29) is 30.8 Å². The second-order valence-electron chi connectivity index (χ2n) is 12.4. The summed E-state index contributed by atoms with van der Waals surface area (Å²) in [7, 11) is 1.59. The second-order valence-corrected chi connectivity index (χ2v) is 12.4. The van der Waals surface area contributed by atoms with Gasteiger partial charge in [-0.25, -0.2) is 0 Å². The molecule has 0 saturated carbocycles. The summed E-state index contributed by atoms with van der Waals surface area (Å²) in [6.07, 6.45) is -0.397. The fourth-order valence-electron chi connectivity index (χ4n) is 5.96. The van der Waals surface area contributed by atoms with E-state index in [4.69, 9.17) is 19.6 Å². The molecular weight excluding hydrogens is 512 g/mol. The number of hydrogen-bond acceptors (Lipinski definition) is 7. The van der Waals surface area contributed by atoms with Crippen molar-refractivity contribution in [3.05, 3.63) is 59.2 Å². The summed E-state index contributed by atoms with van der Waals surface area (Å²) in [6, 6.07) is 11.2. The monoisotopic (exact) mass is 550 g/mol. The highest BCUT2D eigenvalue weighted by Gasteiger charge is 2.47. The predicted molar refractivity (Wildman–Crippen MR) is 148 cm³/mol. The molecule has 3 heterocycles. The molecule has 0 aromatic heterocycles. The number of fused-ring (bicyclic) bond motifs is 2. The first-order valence-corrected chi connectivity index (χ1v) is 13.5. The van der Waals surface area contributed by atoms with Crippen LogP contribution in [0.25, 0.3) is 0 Å². The van der Waals surface area contributed by atoms with E-state index >= 15 is 0 Å². The molecule has 0 radical (unpaired) electrons. The van der Waals surface area contributed by atoms with Crippen LogP contribution in [0.15, 0.2) is 42.5 Å². The Labute approximate surface area is 234 Å². The highest BCUT2D eigenvalue weighted by molar-refractivity contribution is 6.00. The van der Waals surface area contributed by atoms with Crippen molar-refractivity contribution in [3.8, 4) is 11.5 Å². The second kappa shape index (κ2) is 9.78. The first kappa shape index (κ1) is 27.9. The third-order valence-electron chi connectivity index (χ3n) is 7.88. The molecule has 2 amide bonds. The number of hydrogen-bond donors (Lipinski definition) is 4. The number of aliphatic hydroxyl groups excluding tert-OH is 1. The Bertz CT molecular complexity index is 1340. The van der Waals surface area contributed by atoms with Crippen LogP contribution in [0.1, 0.15) is 81.0 Å². The fourth-order valence-corrected chi connectivity index (χ4v) is 5.96. The van der Waals surface area contributed by atoms with Crippen LogP contribution in [0.3, 0.4) is 0 Å². The van der Waals surface area contributed by atoms with Gasteiger partial charge in [0.05, 0.1) is 18.7 Å². The summed E-state index contributed by atoms with van der Waals surface area (Å²) in [5.41, 5.74) is -0.521. The summed E-state index contributed by atoms with van der Waals surface area (Å²) < 4.78 is 17.7. The average molecular weight is 551 g/mol. The van der Waals surface area contributed by atoms with Crippen molar-refractivity contribution in [1.29, 1.82) is 5.41 Å². The lowest BCUT2D eigenvalue weighted by atomic mass is 9.85. The Balaban J connectivity index is 1.50. The molecule has 1 saturated heterocycles. The van der Waals surface area contributed by atoms with Gasteiger partial charge in [-0.2, -0.15) is 0 Å². The van der Waals surface area contributed by atoms with Crippen LogP contribution >= 0.6 is 0 Å².